The molecule has 1 atom stereocenters. The number of nitrogens with one attached hydrogen (secondary N) is 2. The van der Waals surface area contributed by atoms with Crippen molar-refractivity contribution in [3.63, 3.8) is 0 Å². The maximum Gasteiger partial charge on any atom is 0.191 e. The van der Waals surface area contributed by atoms with Crippen LogP contribution in [0.4, 0.5) is 5.69 Å². The molecular formula is C20H25BrN4. The van der Waals surface area contributed by atoms with Crippen molar-refractivity contribution in [2.45, 2.75) is 13.0 Å². The Morgan fingerprint density at radius 3 is 2.76 bits per heavy atom. The number of halogens is 1. The van der Waals surface area contributed by atoms with E-state index in [1.165, 1.54) is 17.7 Å². The van der Waals surface area contributed by atoms with Crippen molar-refractivity contribution >= 4 is 27.6 Å². The molecule has 4 nitrogen and oxygen atoms in total. The molecule has 3 rings (SSSR count). The molecule has 1 aliphatic heterocycles. The van der Waals surface area contributed by atoms with Crippen LogP contribution in [0.25, 0.3) is 0 Å². The molecule has 0 bridgehead atoms. The average Bonchev–Trinajstić information content (AvgIpc) is 3.12. The molecule has 0 radical (unpaired) electrons. The molecule has 2 N–H and O–H groups in total. The smallest absolute Gasteiger partial charge is 0.191 e. The van der Waals surface area contributed by atoms with E-state index in [9.17, 15) is 0 Å². The second kappa shape index (κ2) is 8.90. The third kappa shape index (κ3) is 5.23. The lowest BCUT2D eigenvalue weighted by atomic mass is 10.1. The first kappa shape index (κ1) is 17.8. The fraction of sp³-hybridized carbons (Fsp3) is 0.350. The SMILES string of the molecule is CN=C(NCc1ccccc1)NCC1CCN(c2cccc(Br)c2)C1. The van der Waals surface area contributed by atoms with Gasteiger partial charge in [-0.05, 0) is 36.1 Å². The number of nitrogens with zero attached hydrogens (tertiary/aromatic N) is 2. The number of hydrogen-bond donors (Lipinski definition) is 2. The van der Waals surface area contributed by atoms with Gasteiger partial charge in [0.15, 0.2) is 5.96 Å². The molecule has 5 heteroatoms. The van der Waals surface area contributed by atoms with E-state index < -0.39 is 0 Å². The summed E-state index contributed by atoms with van der Waals surface area (Å²) < 4.78 is 1.14. The van der Waals surface area contributed by atoms with Crippen LogP contribution >= 0.6 is 15.9 Å². The van der Waals surface area contributed by atoms with Crippen LogP contribution in [0.2, 0.25) is 0 Å². The van der Waals surface area contributed by atoms with Crippen LogP contribution in [0.1, 0.15) is 12.0 Å². The maximum atomic E-state index is 4.33. The molecule has 0 amide bonds. The van der Waals surface area contributed by atoms with E-state index in [4.69, 9.17) is 0 Å². The minimum absolute atomic E-state index is 0.634. The summed E-state index contributed by atoms with van der Waals surface area (Å²) >= 11 is 3.56. The van der Waals surface area contributed by atoms with Crippen molar-refractivity contribution in [3.05, 3.63) is 64.6 Å². The van der Waals surface area contributed by atoms with E-state index in [2.05, 4.69) is 85.0 Å². The summed E-state index contributed by atoms with van der Waals surface area (Å²) in [5, 5.41) is 6.85. The first-order chi connectivity index (χ1) is 12.2. The average molecular weight is 401 g/mol. The molecule has 2 aromatic rings. The predicted molar refractivity (Wildman–Crippen MR) is 109 cm³/mol. The molecule has 1 heterocycles. The quantitative estimate of drug-likeness (QED) is 0.594. The Labute approximate surface area is 158 Å². The summed E-state index contributed by atoms with van der Waals surface area (Å²) in [5.74, 6) is 1.50. The maximum absolute atomic E-state index is 4.33. The van der Waals surface area contributed by atoms with Crippen molar-refractivity contribution in [2.75, 3.05) is 31.6 Å². The monoisotopic (exact) mass is 400 g/mol. The summed E-state index contributed by atoms with van der Waals surface area (Å²) in [4.78, 5) is 6.78. The molecule has 0 aliphatic carbocycles. The lowest BCUT2D eigenvalue weighted by Gasteiger charge is -2.19. The minimum Gasteiger partial charge on any atom is -0.371 e. The number of hydrogen-bond acceptors (Lipinski definition) is 2. The van der Waals surface area contributed by atoms with Gasteiger partial charge in [0.2, 0.25) is 0 Å². The molecule has 2 aromatic carbocycles. The van der Waals surface area contributed by atoms with Crippen LogP contribution in [0.15, 0.2) is 64.1 Å². The molecule has 0 spiro atoms. The van der Waals surface area contributed by atoms with Crippen LogP contribution < -0.4 is 15.5 Å². The highest BCUT2D eigenvalue weighted by molar-refractivity contribution is 9.10. The summed E-state index contributed by atoms with van der Waals surface area (Å²) in [7, 11) is 1.82. The number of anilines is 1. The lowest BCUT2D eigenvalue weighted by molar-refractivity contribution is 0.565. The van der Waals surface area contributed by atoms with Crippen molar-refractivity contribution in [1.82, 2.24) is 10.6 Å². The van der Waals surface area contributed by atoms with Crippen molar-refractivity contribution in [2.24, 2.45) is 10.9 Å². The Morgan fingerprint density at radius 1 is 1.16 bits per heavy atom. The van der Waals surface area contributed by atoms with Gasteiger partial charge in [0.05, 0.1) is 0 Å². The van der Waals surface area contributed by atoms with Gasteiger partial charge in [0, 0.05) is 43.4 Å². The molecule has 1 unspecified atom stereocenters. The largest absolute Gasteiger partial charge is 0.371 e. The van der Waals surface area contributed by atoms with Gasteiger partial charge in [-0.1, -0.05) is 52.3 Å². The highest BCUT2D eigenvalue weighted by atomic mass is 79.9. The standard InChI is InChI=1S/C20H25BrN4/c1-22-20(23-13-16-6-3-2-4-7-16)24-14-17-10-11-25(15-17)19-9-5-8-18(21)12-19/h2-9,12,17H,10-11,13-15H2,1H3,(H2,22,23,24). The molecule has 1 saturated heterocycles. The van der Waals surface area contributed by atoms with E-state index in [1.54, 1.807) is 0 Å². The topological polar surface area (TPSA) is 39.7 Å². The van der Waals surface area contributed by atoms with Crippen molar-refractivity contribution < 1.29 is 0 Å². The second-order valence-corrected chi connectivity index (χ2v) is 7.29. The number of aliphatic imine (C=N–C) groups is 1. The predicted octanol–water partition coefficient (Wildman–Crippen LogP) is 3.64. The fourth-order valence-corrected chi connectivity index (χ4v) is 3.54. The van der Waals surface area contributed by atoms with Crippen LogP contribution in [0.5, 0.6) is 0 Å². The first-order valence-electron chi connectivity index (χ1n) is 8.73. The Balaban J connectivity index is 1.45. The highest BCUT2D eigenvalue weighted by Crippen LogP contribution is 2.25. The first-order valence-corrected chi connectivity index (χ1v) is 9.53. The Hall–Kier alpha value is -2.01. The Bertz CT molecular complexity index is 702. The number of benzene rings is 2. The molecular weight excluding hydrogens is 376 g/mol. The van der Waals surface area contributed by atoms with E-state index in [-0.39, 0.29) is 0 Å². The van der Waals surface area contributed by atoms with Crippen LogP contribution in [0.3, 0.4) is 0 Å². The molecule has 1 aliphatic rings. The molecule has 0 saturated carbocycles. The minimum atomic E-state index is 0.634. The van der Waals surface area contributed by atoms with Crippen LogP contribution in [0, 0.1) is 5.92 Å². The van der Waals surface area contributed by atoms with Gasteiger partial charge >= 0.3 is 0 Å². The van der Waals surface area contributed by atoms with Gasteiger partial charge in [0.25, 0.3) is 0 Å². The Kier molecular flexibility index (Phi) is 6.34. The summed E-state index contributed by atoms with van der Waals surface area (Å²) in [6, 6.07) is 18.9. The van der Waals surface area contributed by atoms with E-state index in [0.717, 1.165) is 36.6 Å². The summed E-state index contributed by atoms with van der Waals surface area (Å²) in [5.41, 5.74) is 2.55. The van der Waals surface area contributed by atoms with Gasteiger partial charge in [-0.2, -0.15) is 0 Å². The van der Waals surface area contributed by atoms with Gasteiger partial charge in [-0.15, -0.1) is 0 Å². The van der Waals surface area contributed by atoms with E-state index in [1.807, 2.05) is 13.1 Å². The molecule has 1 fully saturated rings. The van der Waals surface area contributed by atoms with Gasteiger partial charge in [0.1, 0.15) is 0 Å². The molecule has 0 aromatic heterocycles. The van der Waals surface area contributed by atoms with E-state index >= 15 is 0 Å². The van der Waals surface area contributed by atoms with Gasteiger partial charge < -0.3 is 15.5 Å². The van der Waals surface area contributed by atoms with Gasteiger partial charge in [-0.25, -0.2) is 0 Å². The van der Waals surface area contributed by atoms with Crippen LogP contribution in [-0.2, 0) is 6.54 Å². The second-order valence-electron chi connectivity index (χ2n) is 6.37. The molecule has 132 valence electrons. The lowest BCUT2D eigenvalue weighted by Crippen LogP contribution is -2.39. The summed E-state index contributed by atoms with van der Waals surface area (Å²) in [6.45, 7) is 3.92. The van der Waals surface area contributed by atoms with Crippen molar-refractivity contribution in [1.29, 1.82) is 0 Å². The van der Waals surface area contributed by atoms with Crippen LogP contribution in [-0.4, -0.2) is 32.6 Å². The van der Waals surface area contributed by atoms with Crippen molar-refractivity contribution in [3.8, 4) is 0 Å². The zero-order chi connectivity index (χ0) is 17.5. The third-order valence-electron chi connectivity index (χ3n) is 4.54. The van der Waals surface area contributed by atoms with Gasteiger partial charge in [-0.3, -0.25) is 4.99 Å². The molecule has 25 heavy (non-hydrogen) atoms. The highest BCUT2D eigenvalue weighted by Gasteiger charge is 2.22. The zero-order valence-corrected chi connectivity index (χ0v) is 16.2. The Morgan fingerprint density at radius 2 is 2.00 bits per heavy atom. The normalized spacial score (nSPS) is 17.6. The third-order valence-corrected chi connectivity index (χ3v) is 5.04. The van der Waals surface area contributed by atoms with E-state index in [0.29, 0.717) is 5.92 Å². The fourth-order valence-electron chi connectivity index (χ4n) is 3.15. The number of guanidine groups is 1. The number of rotatable bonds is 5. The zero-order valence-electron chi connectivity index (χ0n) is 14.6. The summed E-state index contributed by atoms with van der Waals surface area (Å²) in [6.07, 6.45) is 1.20.